The Balaban J connectivity index is 1.58. The summed E-state index contributed by atoms with van der Waals surface area (Å²) in [5.74, 6) is 1.71. The van der Waals surface area contributed by atoms with Gasteiger partial charge in [0.2, 0.25) is 0 Å². The van der Waals surface area contributed by atoms with Gasteiger partial charge >= 0.3 is 0 Å². The molecule has 0 fully saturated rings. The zero-order chi connectivity index (χ0) is 18.8. The van der Waals surface area contributed by atoms with Crippen LogP contribution in [0.25, 0.3) is 22.3 Å². The minimum atomic E-state index is -0.331. The van der Waals surface area contributed by atoms with Gasteiger partial charge in [-0.25, -0.2) is 14.4 Å². The molecule has 0 aliphatic heterocycles. The number of hydrogen-bond acceptors (Lipinski definition) is 6. The van der Waals surface area contributed by atoms with Crippen molar-refractivity contribution in [1.29, 1.82) is 0 Å². The van der Waals surface area contributed by atoms with Gasteiger partial charge < -0.3 is 9.84 Å². The lowest BCUT2D eigenvalue weighted by molar-refractivity contribution is 0.389. The third kappa shape index (κ3) is 3.38. The van der Waals surface area contributed by atoms with Gasteiger partial charge in [-0.15, -0.1) is 0 Å². The van der Waals surface area contributed by atoms with E-state index in [0.29, 0.717) is 29.4 Å². The summed E-state index contributed by atoms with van der Waals surface area (Å²) in [6.45, 7) is 2.46. The molecule has 0 saturated carbocycles. The fourth-order valence-corrected chi connectivity index (χ4v) is 2.90. The summed E-state index contributed by atoms with van der Waals surface area (Å²) in [5, 5.41) is 12.3. The van der Waals surface area contributed by atoms with Crippen LogP contribution < -0.4 is 5.32 Å². The van der Waals surface area contributed by atoms with E-state index in [-0.39, 0.29) is 5.82 Å². The van der Waals surface area contributed by atoms with Crippen molar-refractivity contribution >= 4 is 16.9 Å². The highest BCUT2D eigenvalue weighted by molar-refractivity contribution is 5.86. The second-order valence-corrected chi connectivity index (χ2v) is 6.26. The smallest absolute Gasteiger partial charge is 0.163 e. The van der Waals surface area contributed by atoms with Crippen LogP contribution in [0.15, 0.2) is 41.1 Å². The van der Waals surface area contributed by atoms with E-state index in [1.54, 1.807) is 35.1 Å². The van der Waals surface area contributed by atoms with Gasteiger partial charge in [-0.3, -0.25) is 4.68 Å². The van der Waals surface area contributed by atoms with Crippen LogP contribution in [0.2, 0.25) is 0 Å². The number of fused-ring (bicyclic) bond motifs is 1. The highest BCUT2D eigenvalue weighted by Crippen LogP contribution is 2.24. The van der Waals surface area contributed by atoms with Crippen molar-refractivity contribution in [3.05, 3.63) is 53.9 Å². The highest BCUT2D eigenvalue weighted by Gasteiger charge is 2.14. The summed E-state index contributed by atoms with van der Waals surface area (Å²) in [4.78, 5) is 9.17. The average molecular weight is 366 g/mol. The number of nitrogens with zero attached hydrogens (tertiary/aromatic N) is 5. The number of hydrogen-bond donors (Lipinski definition) is 1. The first-order valence-electron chi connectivity index (χ1n) is 8.78. The fourth-order valence-electron chi connectivity index (χ4n) is 2.90. The molecule has 0 aliphatic carbocycles. The van der Waals surface area contributed by atoms with Crippen molar-refractivity contribution in [2.24, 2.45) is 7.05 Å². The molecule has 4 aromatic rings. The summed E-state index contributed by atoms with van der Waals surface area (Å²) in [6, 6.07) is 8.20. The number of benzene rings is 1. The molecule has 0 radical (unpaired) electrons. The van der Waals surface area contributed by atoms with Crippen molar-refractivity contribution in [2.45, 2.75) is 26.3 Å². The molecule has 0 bridgehead atoms. The maximum Gasteiger partial charge on any atom is 0.163 e. The Morgan fingerprint density at radius 2 is 2.07 bits per heavy atom. The molecule has 0 atom stereocenters. The lowest BCUT2D eigenvalue weighted by Crippen LogP contribution is -2.06. The van der Waals surface area contributed by atoms with E-state index in [1.807, 2.05) is 7.05 Å². The quantitative estimate of drug-likeness (QED) is 0.560. The van der Waals surface area contributed by atoms with Crippen molar-refractivity contribution in [1.82, 2.24) is 24.9 Å². The monoisotopic (exact) mass is 366 g/mol. The van der Waals surface area contributed by atoms with Gasteiger partial charge in [0, 0.05) is 25.1 Å². The Hall–Kier alpha value is -3.29. The van der Waals surface area contributed by atoms with Gasteiger partial charge in [0.15, 0.2) is 11.4 Å². The number of anilines is 1. The van der Waals surface area contributed by atoms with E-state index in [2.05, 4.69) is 32.5 Å². The number of aryl methyl sites for hydroxylation is 2. The first-order valence-corrected chi connectivity index (χ1v) is 8.78. The van der Waals surface area contributed by atoms with Crippen LogP contribution in [0.3, 0.4) is 0 Å². The molecular weight excluding hydrogens is 347 g/mol. The largest absolute Gasteiger partial charge is 0.362 e. The van der Waals surface area contributed by atoms with E-state index in [0.717, 1.165) is 29.7 Å². The predicted octanol–water partition coefficient (Wildman–Crippen LogP) is 3.72. The van der Waals surface area contributed by atoms with E-state index in [1.165, 1.54) is 6.07 Å². The SMILES string of the molecule is CCCc1nc(NCc2cc(-c3ccccc3F)no2)c2cnn(C)c2n1. The van der Waals surface area contributed by atoms with Crippen LogP contribution in [0.5, 0.6) is 0 Å². The normalized spacial score (nSPS) is 11.2. The second kappa shape index (κ2) is 7.14. The van der Waals surface area contributed by atoms with Gasteiger partial charge in [0.25, 0.3) is 0 Å². The molecule has 3 aromatic heterocycles. The van der Waals surface area contributed by atoms with Crippen LogP contribution in [0.1, 0.15) is 24.9 Å². The fraction of sp³-hybridized carbons (Fsp3) is 0.263. The average Bonchev–Trinajstić information content (AvgIpc) is 3.28. The molecular formula is C19H19FN6O. The second-order valence-electron chi connectivity index (χ2n) is 6.26. The topological polar surface area (TPSA) is 81.7 Å². The molecule has 27 heavy (non-hydrogen) atoms. The standard InChI is InChI=1S/C19H19FN6O/c1-3-6-17-23-18(14-11-22-26(2)19(14)24-17)21-10-12-9-16(25-27-12)13-7-4-5-8-15(13)20/h4-5,7-9,11H,3,6,10H2,1-2H3,(H,21,23,24). The number of rotatable bonds is 6. The van der Waals surface area contributed by atoms with E-state index in [9.17, 15) is 4.39 Å². The summed E-state index contributed by atoms with van der Waals surface area (Å²) >= 11 is 0. The van der Waals surface area contributed by atoms with Crippen molar-refractivity contribution < 1.29 is 8.91 Å². The Labute approximate surface area is 155 Å². The van der Waals surface area contributed by atoms with Crippen LogP contribution in [0, 0.1) is 5.82 Å². The molecule has 4 rings (SSSR count). The molecule has 138 valence electrons. The Bertz CT molecular complexity index is 1090. The summed E-state index contributed by atoms with van der Waals surface area (Å²) in [6.07, 6.45) is 3.48. The predicted molar refractivity (Wildman–Crippen MR) is 99.5 cm³/mol. The molecule has 0 amide bonds. The van der Waals surface area contributed by atoms with Crippen LogP contribution in [0.4, 0.5) is 10.2 Å². The first kappa shape index (κ1) is 17.1. The molecule has 0 saturated heterocycles. The van der Waals surface area contributed by atoms with E-state index >= 15 is 0 Å². The van der Waals surface area contributed by atoms with Gasteiger partial charge in [0.05, 0.1) is 18.1 Å². The maximum atomic E-state index is 13.9. The Kier molecular flexibility index (Phi) is 4.53. The summed E-state index contributed by atoms with van der Waals surface area (Å²) in [7, 11) is 1.85. The lowest BCUT2D eigenvalue weighted by atomic mass is 10.1. The maximum absolute atomic E-state index is 13.9. The molecule has 0 spiro atoms. The van der Waals surface area contributed by atoms with Gasteiger partial charge in [0.1, 0.15) is 23.2 Å². The number of nitrogens with one attached hydrogen (secondary N) is 1. The molecule has 0 unspecified atom stereocenters. The molecule has 0 aliphatic rings. The molecule has 7 nitrogen and oxygen atoms in total. The van der Waals surface area contributed by atoms with Crippen LogP contribution in [-0.4, -0.2) is 24.9 Å². The zero-order valence-electron chi connectivity index (χ0n) is 15.1. The highest BCUT2D eigenvalue weighted by atomic mass is 19.1. The molecule has 3 heterocycles. The van der Waals surface area contributed by atoms with E-state index in [4.69, 9.17) is 4.52 Å². The van der Waals surface area contributed by atoms with Gasteiger partial charge in [-0.1, -0.05) is 24.2 Å². The summed E-state index contributed by atoms with van der Waals surface area (Å²) < 4.78 is 21.0. The Morgan fingerprint density at radius 1 is 1.22 bits per heavy atom. The minimum Gasteiger partial charge on any atom is -0.362 e. The van der Waals surface area contributed by atoms with Crippen molar-refractivity contribution in [3.63, 3.8) is 0 Å². The minimum absolute atomic E-state index is 0.331. The Morgan fingerprint density at radius 3 is 2.89 bits per heavy atom. The zero-order valence-corrected chi connectivity index (χ0v) is 15.1. The van der Waals surface area contributed by atoms with E-state index < -0.39 is 0 Å². The lowest BCUT2D eigenvalue weighted by Gasteiger charge is -2.07. The van der Waals surface area contributed by atoms with Crippen molar-refractivity contribution in [3.8, 4) is 11.3 Å². The van der Waals surface area contributed by atoms with Gasteiger partial charge in [-0.2, -0.15) is 5.10 Å². The van der Waals surface area contributed by atoms with Crippen molar-refractivity contribution in [2.75, 3.05) is 5.32 Å². The molecule has 1 aromatic carbocycles. The van der Waals surface area contributed by atoms with Crippen LogP contribution in [-0.2, 0) is 20.0 Å². The van der Waals surface area contributed by atoms with Crippen LogP contribution >= 0.6 is 0 Å². The number of aromatic nitrogens is 5. The molecule has 8 heteroatoms. The first-order chi connectivity index (χ1) is 13.2. The third-order valence-corrected chi connectivity index (χ3v) is 4.25. The summed E-state index contributed by atoms with van der Waals surface area (Å²) in [5.41, 5.74) is 1.65. The van der Waals surface area contributed by atoms with Gasteiger partial charge in [-0.05, 0) is 18.6 Å². The molecule has 1 N–H and O–H groups in total. The third-order valence-electron chi connectivity index (χ3n) is 4.25. The number of halogens is 1.